The number of halogens is 1. The smallest absolute Gasteiger partial charge is 0.0299 e. The van der Waals surface area contributed by atoms with E-state index in [-0.39, 0.29) is 18.4 Å². The summed E-state index contributed by atoms with van der Waals surface area (Å²) in [6, 6.07) is 8.63. The van der Waals surface area contributed by atoms with Gasteiger partial charge < -0.3 is 5.73 Å². The van der Waals surface area contributed by atoms with Crippen molar-refractivity contribution in [3.63, 3.8) is 0 Å². The van der Waals surface area contributed by atoms with Gasteiger partial charge in [0.1, 0.15) is 0 Å². The van der Waals surface area contributed by atoms with Gasteiger partial charge in [-0.3, -0.25) is 0 Å². The van der Waals surface area contributed by atoms with Crippen LogP contribution in [0.5, 0.6) is 0 Å². The Hall–Kier alpha value is -0.530. The molecule has 1 aromatic rings. The van der Waals surface area contributed by atoms with Gasteiger partial charge in [-0.25, -0.2) is 0 Å². The van der Waals surface area contributed by atoms with E-state index in [1.54, 1.807) is 0 Å². The first-order valence-corrected chi connectivity index (χ1v) is 5.21. The Morgan fingerprint density at radius 3 is 2.33 bits per heavy atom. The summed E-state index contributed by atoms with van der Waals surface area (Å²) in [6.07, 6.45) is 1.02. The summed E-state index contributed by atoms with van der Waals surface area (Å²) in [6.45, 7) is 8.78. The van der Waals surface area contributed by atoms with E-state index < -0.39 is 0 Å². The van der Waals surface area contributed by atoms with Crippen molar-refractivity contribution in [2.45, 2.75) is 40.2 Å². The van der Waals surface area contributed by atoms with Gasteiger partial charge in [0, 0.05) is 6.04 Å². The number of nitrogens with two attached hydrogens (primary N) is 1. The predicted molar refractivity (Wildman–Crippen MR) is 69.4 cm³/mol. The van der Waals surface area contributed by atoms with Crippen molar-refractivity contribution in [3.05, 3.63) is 35.4 Å². The lowest BCUT2D eigenvalue weighted by Gasteiger charge is -2.23. The Labute approximate surface area is 99.5 Å². The molecule has 0 radical (unpaired) electrons. The van der Waals surface area contributed by atoms with Gasteiger partial charge in [0.15, 0.2) is 0 Å². The summed E-state index contributed by atoms with van der Waals surface area (Å²) in [7, 11) is 0. The van der Waals surface area contributed by atoms with Gasteiger partial charge in [-0.2, -0.15) is 0 Å². The van der Waals surface area contributed by atoms with E-state index >= 15 is 0 Å². The number of aryl methyl sites for hydroxylation is 1. The molecular weight excluding hydrogens is 206 g/mol. The first-order chi connectivity index (χ1) is 6.38. The van der Waals surface area contributed by atoms with Crippen molar-refractivity contribution in [1.82, 2.24) is 0 Å². The quantitative estimate of drug-likeness (QED) is 0.816. The van der Waals surface area contributed by atoms with Crippen molar-refractivity contribution in [2.75, 3.05) is 0 Å². The average molecular weight is 228 g/mol. The highest BCUT2D eigenvalue weighted by molar-refractivity contribution is 5.85. The molecule has 0 fully saturated rings. The fourth-order valence-electron chi connectivity index (χ4n) is 1.68. The lowest BCUT2D eigenvalue weighted by Crippen LogP contribution is -2.18. The second kappa shape index (κ2) is 5.53. The Balaban J connectivity index is 0.00000196. The van der Waals surface area contributed by atoms with Crippen LogP contribution in [0.25, 0.3) is 0 Å². The van der Waals surface area contributed by atoms with Crippen LogP contribution in [0.4, 0.5) is 0 Å². The summed E-state index contributed by atoms with van der Waals surface area (Å²) in [4.78, 5) is 0. The van der Waals surface area contributed by atoms with Crippen molar-refractivity contribution < 1.29 is 0 Å². The zero-order chi connectivity index (χ0) is 10.8. The highest BCUT2D eigenvalue weighted by Gasteiger charge is 2.16. The molecule has 2 N–H and O–H groups in total. The minimum atomic E-state index is 0. The van der Waals surface area contributed by atoms with Crippen LogP contribution in [0, 0.1) is 12.3 Å². The molecule has 0 amide bonds. The number of hydrogen-bond donors (Lipinski definition) is 1. The zero-order valence-electron chi connectivity index (χ0n) is 10.1. The van der Waals surface area contributed by atoms with Gasteiger partial charge in [-0.05, 0) is 24.3 Å². The first-order valence-electron chi connectivity index (χ1n) is 5.21. The fourth-order valence-corrected chi connectivity index (χ4v) is 1.68. The Morgan fingerprint density at radius 1 is 1.27 bits per heavy atom. The Bertz CT molecular complexity index is 302. The van der Waals surface area contributed by atoms with E-state index in [1.807, 2.05) is 0 Å². The SMILES string of the molecule is Cc1cccc(C(N)CC(C)(C)C)c1.Cl. The van der Waals surface area contributed by atoms with E-state index in [2.05, 4.69) is 52.0 Å². The third kappa shape index (κ3) is 5.19. The van der Waals surface area contributed by atoms with E-state index in [0.717, 1.165) is 6.42 Å². The highest BCUT2D eigenvalue weighted by Crippen LogP contribution is 2.27. The van der Waals surface area contributed by atoms with Crippen LogP contribution in [0.3, 0.4) is 0 Å². The third-order valence-electron chi connectivity index (χ3n) is 2.30. The molecule has 1 atom stereocenters. The maximum atomic E-state index is 6.15. The van der Waals surface area contributed by atoms with E-state index in [0.29, 0.717) is 5.41 Å². The maximum Gasteiger partial charge on any atom is 0.0299 e. The fraction of sp³-hybridized carbons (Fsp3) is 0.538. The minimum Gasteiger partial charge on any atom is -0.324 e. The number of hydrogen-bond acceptors (Lipinski definition) is 1. The lowest BCUT2D eigenvalue weighted by atomic mass is 9.85. The zero-order valence-corrected chi connectivity index (χ0v) is 10.9. The summed E-state index contributed by atoms with van der Waals surface area (Å²) in [5, 5.41) is 0. The van der Waals surface area contributed by atoms with E-state index in [4.69, 9.17) is 5.73 Å². The Morgan fingerprint density at radius 2 is 1.87 bits per heavy atom. The van der Waals surface area contributed by atoms with Crippen molar-refractivity contribution >= 4 is 12.4 Å². The van der Waals surface area contributed by atoms with Gasteiger partial charge in [-0.15, -0.1) is 12.4 Å². The van der Waals surface area contributed by atoms with Crippen molar-refractivity contribution in [3.8, 4) is 0 Å². The van der Waals surface area contributed by atoms with Crippen LogP contribution < -0.4 is 5.73 Å². The first kappa shape index (κ1) is 14.5. The van der Waals surface area contributed by atoms with E-state index in [1.165, 1.54) is 11.1 Å². The van der Waals surface area contributed by atoms with Crippen LogP contribution >= 0.6 is 12.4 Å². The molecule has 1 aromatic carbocycles. The van der Waals surface area contributed by atoms with Gasteiger partial charge in [0.25, 0.3) is 0 Å². The lowest BCUT2D eigenvalue weighted by molar-refractivity contribution is 0.343. The maximum absolute atomic E-state index is 6.15. The topological polar surface area (TPSA) is 26.0 Å². The molecule has 1 rings (SSSR count). The predicted octanol–water partition coefficient (Wildman–Crippen LogP) is 3.85. The molecule has 86 valence electrons. The molecule has 15 heavy (non-hydrogen) atoms. The monoisotopic (exact) mass is 227 g/mol. The minimum absolute atomic E-state index is 0. The molecule has 0 aliphatic rings. The molecular formula is C13H22ClN. The molecule has 0 bridgehead atoms. The van der Waals surface area contributed by atoms with Gasteiger partial charge in [-0.1, -0.05) is 50.6 Å². The van der Waals surface area contributed by atoms with Crippen LogP contribution in [0.1, 0.15) is 44.4 Å². The largest absolute Gasteiger partial charge is 0.324 e. The molecule has 0 saturated carbocycles. The molecule has 0 aromatic heterocycles. The second-order valence-electron chi connectivity index (χ2n) is 5.29. The molecule has 0 heterocycles. The normalized spacial score (nSPS) is 13.1. The van der Waals surface area contributed by atoms with Gasteiger partial charge in [0.2, 0.25) is 0 Å². The average Bonchev–Trinajstić information content (AvgIpc) is 2.01. The van der Waals surface area contributed by atoms with Crippen LogP contribution in [-0.2, 0) is 0 Å². The van der Waals surface area contributed by atoms with Crippen LogP contribution in [0.15, 0.2) is 24.3 Å². The Kier molecular flexibility index (Phi) is 5.33. The van der Waals surface area contributed by atoms with Crippen molar-refractivity contribution in [2.24, 2.45) is 11.1 Å². The number of rotatable bonds is 2. The summed E-state index contributed by atoms with van der Waals surface area (Å²) in [5.74, 6) is 0. The van der Waals surface area contributed by atoms with Crippen LogP contribution in [-0.4, -0.2) is 0 Å². The highest BCUT2D eigenvalue weighted by atomic mass is 35.5. The number of benzene rings is 1. The standard InChI is InChI=1S/C13H21N.ClH/c1-10-6-5-7-11(8-10)12(14)9-13(2,3)4;/h5-8,12H,9,14H2,1-4H3;1H. The summed E-state index contributed by atoms with van der Waals surface area (Å²) >= 11 is 0. The van der Waals surface area contributed by atoms with Gasteiger partial charge in [0.05, 0.1) is 0 Å². The molecule has 2 heteroatoms. The molecule has 1 unspecified atom stereocenters. The van der Waals surface area contributed by atoms with Crippen molar-refractivity contribution in [1.29, 1.82) is 0 Å². The summed E-state index contributed by atoms with van der Waals surface area (Å²) < 4.78 is 0. The summed E-state index contributed by atoms with van der Waals surface area (Å²) in [5.41, 5.74) is 8.98. The molecule has 0 spiro atoms. The second-order valence-corrected chi connectivity index (χ2v) is 5.29. The molecule has 0 aliphatic heterocycles. The van der Waals surface area contributed by atoms with Gasteiger partial charge >= 0.3 is 0 Å². The third-order valence-corrected chi connectivity index (χ3v) is 2.30. The molecule has 0 aliphatic carbocycles. The molecule has 0 saturated heterocycles. The molecule has 1 nitrogen and oxygen atoms in total. The van der Waals surface area contributed by atoms with Crippen LogP contribution in [0.2, 0.25) is 0 Å². The van der Waals surface area contributed by atoms with E-state index in [9.17, 15) is 0 Å².